The van der Waals surface area contributed by atoms with Crippen LogP contribution < -0.4 is 5.32 Å². The van der Waals surface area contributed by atoms with Crippen molar-refractivity contribution in [2.75, 3.05) is 6.61 Å². The molecule has 90 valence electrons. The smallest absolute Gasteiger partial charge is 0.307 e. The van der Waals surface area contributed by atoms with Gasteiger partial charge in [-0.05, 0) is 19.9 Å². The van der Waals surface area contributed by atoms with Crippen LogP contribution in [0.2, 0.25) is 0 Å². The normalized spacial score (nSPS) is 12.4. The van der Waals surface area contributed by atoms with E-state index in [-0.39, 0.29) is 12.0 Å². The van der Waals surface area contributed by atoms with Crippen LogP contribution in [0.3, 0.4) is 0 Å². The molecule has 5 nitrogen and oxygen atoms in total. The maximum absolute atomic E-state index is 11.2. The van der Waals surface area contributed by atoms with E-state index in [1.165, 1.54) is 0 Å². The number of carbonyl (C=O) groups is 1. The zero-order valence-electron chi connectivity index (χ0n) is 10.1. The van der Waals surface area contributed by atoms with E-state index < -0.39 is 0 Å². The maximum Gasteiger partial charge on any atom is 0.307 e. The fraction of sp³-hybridized carbons (Fsp3) is 0.636. The Morgan fingerprint density at radius 1 is 1.69 bits per heavy atom. The summed E-state index contributed by atoms with van der Waals surface area (Å²) in [5, 5.41) is 7.46. The molecule has 0 aliphatic rings. The Kier molecular flexibility index (Phi) is 4.98. The molecule has 0 radical (unpaired) electrons. The summed E-state index contributed by atoms with van der Waals surface area (Å²) in [6, 6.07) is 2.05. The summed E-state index contributed by atoms with van der Waals surface area (Å²) in [7, 11) is 1.88. The highest BCUT2D eigenvalue weighted by Crippen LogP contribution is 1.98. The molecule has 1 N–H and O–H groups in total. The van der Waals surface area contributed by atoms with Gasteiger partial charge in [0.25, 0.3) is 0 Å². The largest absolute Gasteiger partial charge is 0.466 e. The van der Waals surface area contributed by atoms with Crippen LogP contribution in [0, 0.1) is 0 Å². The minimum absolute atomic E-state index is 0.0982. The first-order valence-electron chi connectivity index (χ1n) is 5.49. The van der Waals surface area contributed by atoms with E-state index >= 15 is 0 Å². The molecule has 1 aromatic heterocycles. The van der Waals surface area contributed by atoms with Crippen LogP contribution in [-0.2, 0) is 23.1 Å². The molecule has 0 saturated carbocycles. The van der Waals surface area contributed by atoms with Gasteiger partial charge in [0, 0.05) is 25.8 Å². The number of hydrogen-bond acceptors (Lipinski definition) is 4. The van der Waals surface area contributed by atoms with Gasteiger partial charge in [-0.3, -0.25) is 9.48 Å². The average molecular weight is 225 g/mol. The fourth-order valence-electron chi connectivity index (χ4n) is 1.38. The van der Waals surface area contributed by atoms with Crippen LogP contribution in [0.25, 0.3) is 0 Å². The van der Waals surface area contributed by atoms with Crippen molar-refractivity contribution in [1.29, 1.82) is 0 Å². The second kappa shape index (κ2) is 6.27. The van der Waals surface area contributed by atoms with Crippen molar-refractivity contribution in [2.24, 2.45) is 7.05 Å². The molecule has 1 rings (SSSR count). The summed E-state index contributed by atoms with van der Waals surface area (Å²) in [5.74, 6) is -0.163. The lowest BCUT2D eigenvalue weighted by molar-refractivity contribution is -0.143. The molecule has 0 aliphatic heterocycles. The highest BCUT2D eigenvalue weighted by atomic mass is 16.5. The molecule has 0 saturated heterocycles. The van der Waals surface area contributed by atoms with Gasteiger partial charge in [0.05, 0.1) is 18.7 Å². The van der Waals surface area contributed by atoms with Crippen molar-refractivity contribution < 1.29 is 9.53 Å². The lowest BCUT2D eigenvalue weighted by Crippen LogP contribution is -2.29. The first kappa shape index (κ1) is 12.7. The van der Waals surface area contributed by atoms with Crippen molar-refractivity contribution in [3.63, 3.8) is 0 Å². The molecule has 5 heteroatoms. The summed E-state index contributed by atoms with van der Waals surface area (Å²) >= 11 is 0. The summed E-state index contributed by atoms with van der Waals surface area (Å²) in [5.41, 5.74) is 0.971. The molecule has 0 spiro atoms. The minimum atomic E-state index is -0.163. The third-order valence-electron chi connectivity index (χ3n) is 2.18. The number of nitrogens with zero attached hydrogens (tertiary/aromatic N) is 2. The molecule has 1 unspecified atom stereocenters. The van der Waals surface area contributed by atoms with Crippen LogP contribution in [0.5, 0.6) is 0 Å². The molecule has 1 heterocycles. The van der Waals surface area contributed by atoms with E-state index in [0.717, 1.165) is 5.69 Å². The van der Waals surface area contributed by atoms with Gasteiger partial charge in [-0.2, -0.15) is 5.10 Å². The monoisotopic (exact) mass is 225 g/mol. The van der Waals surface area contributed by atoms with Gasteiger partial charge in [-0.15, -0.1) is 0 Å². The van der Waals surface area contributed by atoms with E-state index in [4.69, 9.17) is 4.74 Å². The van der Waals surface area contributed by atoms with Crippen molar-refractivity contribution in [1.82, 2.24) is 15.1 Å². The second-order valence-corrected chi connectivity index (χ2v) is 3.77. The lowest BCUT2D eigenvalue weighted by Gasteiger charge is -2.11. The topological polar surface area (TPSA) is 56.1 Å². The predicted molar refractivity (Wildman–Crippen MR) is 60.8 cm³/mol. The Labute approximate surface area is 95.8 Å². The van der Waals surface area contributed by atoms with Gasteiger partial charge < -0.3 is 10.1 Å². The molecule has 1 atom stereocenters. The zero-order valence-corrected chi connectivity index (χ0v) is 10.1. The van der Waals surface area contributed by atoms with Crippen LogP contribution in [0.1, 0.15) is 26.0 Å². The molecule has 0 aromatic carbocycles. The van der Waals surface area contributed by atoms with Crippen molar-refractivity contribution in [2.45, 2.75) is 32.9 Å². The summed E-state index contributed by atoms with van der Waals surface area (Å²) in [6.07, 6.45) is 2.29. The molecule has 1 aromatic rings. The lowest BCUT2D eigenvalue weighted by atomic mass is 10.2. The van der Waals surface area contributed by atoms with Crippen LogP contribution in [0.15, 0.2) is 12.3 Å². The average Bonchev–Trinajstić information content (AvgIpc) is 2.61. The van der Waals surface area contributed by atoms with E-state index in [1.807, 2.05) is 33.2 Å². The van der Waals surface area contributed by atoms with Gasteiger partial charge in [0.1, 0.15) is 0 Å². The third kappa shape index (κ3) is 4.44. The Morgan fingerprint density at radius 3 is 3.00 bits per heavy atom. The van der Waals surface area contributed by atoms with E-state index in [0.29, 0.717) is 19.6 Å². The van der Waals surface area contributed by atoms with Crippen LogP contribution in [0.4, 0.5) is 0 Å². The molecule has 0 fully saturated rings. The van der Waals surface area contributed by atoms with Crippen LogP contribution >= 0.6 is 0 Å². The number of carbonyl (C=O) groups excluding carboxylic acids is 1. The quantitative estimate of drug-likeness (QED) is 0.729. The van der Waals surface area contributed by atoms with Gasteiger partial charge in [0.15, 0.2) is 0 Å². The SMILES string of the molecule is CCOC(=O)CC(C)NCc1ccn(C)n1. The Balaban J connectivity index is 2.24. The zero-order chi connectivity index (χ0) is 12.0. The second-order valence-electron chi connectivity index (χ2n) is 3.77. The van der Waals surface area contributed by atoms with E-state index in [2.05, 4.69) is 10.4 Å². The third-order valence-corrected chi connectivity index (χ3v) is 2.18. The standard InChI is InChI=1S/C11H19N3O2/c1-4-16-11(15)7-9(2)12-8-10-5-6-14(3)13-10/h5-6,9,12H,4,7-8H2,1-3H3. The molecule has 0 aliphatic carbocycles. The first-order chi connectivity index (χ1) is 7.61. The fourth-order valence-corrected chi connectivity index (χ4v) is 1.38. The Bertz CT molecular complexity index is 336. The van der Waals surface area contributed by atoms with Crippen molar-refractivity contribution in [3.05, 3.63) is 18.0 Å². The van der Waals surface area contributed by atoms with Gasteiger partial charge in [-0.1, -0.05) is 0 Å². The highest BCUT2D eigenvalue weighted by molar-refractivity contribution is 5.69. The van der Waals surface area contributed by atoms with Gasteiger partial charge in [-0.25, -0.2) is 0 Å². The number of hydrogen-bond donors (Lipinski definition) is 1. The van der Waals surface area contributed by atoms with E-state index in [9.17, 15) is 4.79 Å². The number of aromatic nitrogens is 2. The van der Waals surface area contributed by atoms with Crippen molar-refractivity contribution in [3.8, 4) is 0 Å². The highest BCUT2D eigenvalue weighted by Gasteiger charge is 2.09. The summed E-state index contributed by atoms with van der Waals surface area (Å²) in [4.78, 5) is 11.2. The number of aryl methyl sites for hydroxylation is 1. The number of ether oxygens (including phenoxy) is 1. The Morgan fingerprint density at radius 2 is 2.44 bits per heavy atom. The summed E-state index contributed by atoms with van der Waals surface area (Å²) < 4.78 is 6.63. The van der Waals surface area contributed by atoms with Crippen molar-refractivity contribution >= 4 is 5.97 Å². The summed E-state index contributed by atoms with van der Waals surface area (Å²) in [6.45, 7) is 4.87. The number of nitrogens with one attached hydrogen (secondary N) is 1. The Hall–Kier alpha value is -1.36. The molecule has 16 heavy (non-hydrogen) atoms. The predicted octanol–water partition coefficient (Wildman–Crippen LogP) is 0.851. The van der Waals surface area contributed by atoms with Crippen LogP contribution in [-0.4, -0.2) is 28.4 Å². The minimum Gasteiger partial charge on any atom is -0.466 e. The number of esters is 1. The maximum atomic E-state index is 11.2. The molecule has 0 amide bonds. The molecular weight excluding hydrogens is 206 g/mol. The molecular formula is C11H19N3O2. The number of rotatable bonds is 6. The van der Waals surface area contributed by atoms with Gasteiger partial charge >= 0.3 is 5.97 Å². The van der Waals surface area contributed by atoms with Gasteiger partial charge in [0.2, 0.25) is 0 Å². The molecule has 0 bridgehead atoms. The van der Waals surface area contributed by atoms with E-state index in [1.54, 1.807) is 4.68 Å². The first-order valence-corrected chi connectivity index (χ1v) is 5.49.